The maximum absolute atomic E-state index is 12.2. The maximum atomic E-state index is 12.2. The third-order valence-corrected chi connectivity index (χ3v) is 3.78. The van der Waals surface area contributed by atoms with Gasteiger partial charge in [-0.2, -0.15) is 0 Å². The van der Waals surface area contributed by atoms with Crippen molar-refractivity contribution in [2.75, 3.05) is 6.54 Å². The van der Waals surface area contributed by atoms with Crippen molar-refractivity contribution in [3.05, 3.63) is 11.1 Å². The van der Waals surface area contributed by atoms with E-state index in [1.54, 1.807) is 11.8 Å². The molecule has 102 valence electrons. The van der Waals surface area contributed by atoms with E-state index in [-0.39, 0.29) is 17.7 Å². The molecule has 3 atom stereocenters. The van der Waals surface area contributed by atoms with Crippen LogP contribution < -0.4 is 5.32 Å². The molecule has 4 nitrogen and oxygen atoms in total. The summed E-state index contributed by atoms with van der Waals surface area (Å²) in [5.74, 6) is 0.0150. The molecule has 18 heavy (non-hydrogen) atoms. The third-order valence-electron chi connectivity index (χ3n) is 3.41. The smallest absolute Gasteiger partial charge is 0.245 e. The van der Waals surface area contributed by atoms with Crippen LogP contribution in [0.15, 0.2) is 11.1 Å². The van der Waals surface area contributed by atoms with Gasteiger partial charge in [0.25, 0.3) is 0 Å². The van der Waals surface area contributed by atoms with Gasteiger partial charge < -0.3 is 10.2 Å². The molecule has 0 aromatic heterocycles. The molecule has 1 heterocycles. The lowest BCUT2D eigenvalue weighted by Gasteiger charge is -2.40. The van der Waals surface area contributed by atoms with Crippen molar-refractivity contribution in [3.63, 3.8) is 0 Å². The Morgan fingerprint density at radius 1 is 1.56 bits per heavy atom. The molecule has 1 N–H and O–H groups in total. The third kappa shape index (κ3) is 3.05. The average molecular weight is 273 g/mol. The van der Waals surface area contributed by atoms with Crippen molar-refractivity contribution in [2.24, 2.45) is 5.92 Å². The van der Waals surface area contributed by atoms with Gasteiger partial charge in [0.05, 0.1) is 0 Å². The molecular weight excluding hydrogens is 252 g/mol. The molecule has 0 aromatic carbocycles. The van der Waals surface area contributed by atoms with Gasteiger partial charge in [0.1, 0.15) is 12.1 Å². The molecule has 3 unspecified atom stereocenters. The van der Waals surface area contributed by atoms with Crippen molar-refractivity contribution in [2.45, 2.75) is 46.2 Å². The summed E-state index contributed by atoms with van der Waals surface area (Å²) in [5.41, 5.74) is 2.33. The van der Waals surface area contributed by atoms with E-state index in [1.807, 2.05) is 20.8 Å². The van der Waals surface area contributed by atoms with E-state index in [0.29, 0.717) is 6.54 Å². The van der Waals surface area contributed by atoms with Crippen molar-refractivity contribution in [3.8, 4) is 0 Å². The molecule has 0 radical (unpaired) electrons. The number of amides is 2. The van der Waals surface area contributed by atoms with Crippen LogP contribution in [-0.4, -0.2) is 35.3 Å². The number of carbonyl (C=O) groups excluding carboxylic acids is 2. The molecule has 1 saturated heterocycles. The summed E-state index contributed by atoms with van der Waals surface area (Å²) in [6.45, 7) is 7.98. The molecule has 1 aliphatic heterocycles. The lowest BCUT2D eigenvalue weighted by molar-refractivity contribution is -0.150. The van der Waals surface area contributed by atoms with Gasteiger partial charge in [0.2, 0.25) is 11.8 Å². The van der Waals surface area contributed by atoms with Crippen LogP contribution in [0.1, 0.15) is 34.1 Å². The Labute approximate surface area is 113 Å². The fourth-order valence-corrected chi connectivity index (χ4v) is 2.23. The summed E-state index contributed by atoms with van der Waals surface area (Å²) in [4.78, 5) is 25.9. The molecule has 0 bridgehead atoms. The lowest BCUT2D eigenvalue weighted by atomic mass is 9.93. The summed E-state index contributed by atoms with van der Waals surface area (Å²) < 4.78 is 0. The molecule has 1 aliphatic rings. The average Bonchev–Trinajstić information content (AvgIpc) is 2.34. The Morgan fingerprint density at radius 2 is 2.17 bits per heavy atom. The molecule has 0 spiro atoms. The first-order chi connectivity index (χ1) is 8.42. The van der Waals surface area contributed by atoms with Gasteiger partial charge in [0, 0.05) is 12.1 Å². The van der Waals surface area contributed by atoms with E-state index < -0.39 is 12.1 Å². The standard InChI is InChI=1S/C13H21ClN2O2/c1-5-9(3)11-12(17)15-10(4)13(18)16(11)7-8(2)6-14/h6,9-11H,5,7H2,1-4H3,(H,15,17). The normalized spacial score (nSPS) is 27.2. The Bertz CT molecular complexity index is 368. The number of rotatable bonds is 4. The van der Waals surface area contributed by atoms with Gasteiger partial charge in [-0.1, -0.05) is 31.9 Å². The number of carbonyl (C=O) groups is 2. The van der Waals surface area contributed by atoms with Crippen molar-refractivity contribution in [1.82, 2.24) is 10.2 Å². The number of nitrogens with one attached hydrogen (secondary N) is 1. The molecule has 2 amide bonds. The van der Waals surface area contributed by atoms with Crippen LogP contribution in [0.4, 0.5) is 0 Å². The van der Waals surface area contributed by atoms with E-state index in [4.69, 9.17) is 11.6 Å². The van der Waals surface area contributed by atoms with Crippen LogP contribution in [-0.2, 0) is 9.59 Å². The van der Waals surface area contributed by atoms with Crippen molar-refractivity contribution < 1.29 is 9.59 Å². The van der Waals surface area contributed by atoms with Gasteiger partial charge in [-0.15, -0.1) is 0 Å². The molecule has 1 rings (SSSR count). The van der Waals surface area contributed by atoms with Gasteiger partial charge in [-0.05, 0) is 25.3 Å². The molecular formula is C13H21ClN2O2. The second-order valence-electron chi connectivity index (χ2n) is 4.98. The first-order valence-corrected chi connectivity index (χ1v) is 6.72. The quantitative estimate of drug-likeness (QED) is 0.850. The van der Waals surface area contributed by atoms with E-state index in [9.17, 15) is 9.59 Å². The zero-order valence-electron chi connectivity index (χ0n) is 11.4. The van der Waals surface area contributed by atoms with E-state index in [2.05, 4.69) is 5.32 Å². The second kappa shape index (κ2) is 6.23. The minimum absolute atomic E-state index is 0.0437. The number of hydrogen-bond acceptors (Lipinski definition) is 2. The zero-order valence-corrected chi connectivity index (χ0v) is 12.1. The minimum Gasteiger partial charge on any atom is -0.343 e. The Kier molecular flexibility index (Phi) is 5.20. The van der Waals surface area contributed by atoms with Crippen LogP contribution in [0.5, 0.6) is 0 Å². The number of nitrogens with zero attached hydrogens (tertiary/aromatic N) is 1. The first kappa shape index (κ1) is 15.0. The Balaban J connectivity index is 3.01. The summed E-state index contributed by atoms with van der Waals surface area (Å²) >= 11 is 5.65. The highest BCUT2D eigenvalue weighted by molar-refractivity contribution is 6.25. The first-order valence-electron chi connectivity index (χ1n) is 6.29. The number of piperazine rings is 1. The largest absolute Gasteiger partial charge is 0.343 e. The predicted molar refractivity (Wildman–Crippen MR) is 72.2 cm³/mol. The highest BCUT2D eigenvalue weighted by Crippen LogP contribution is 2.21. The number of halogens is 1. The molecule has 0 aromatic rings. The summed E-state index contributed by atoms with van der Waals surface area (Å²) in [6.07, 6.45) is 0.847. The van der Waals surface area contributed by atoms with Gasteiger partial charge in [-0.25, -0.2) is 0 Å². The highest BCUT2D eigenvalue weighted by atomic mass is 35.5. The molecule has 5 heteroatoms. The van der Waals surface area contributed by atoms with E-state index >= 15 is 0 Å². The summed E-state index contributed by atoms with van der Waals surface area (Å²) in [7, 11) is 0. The van der Waals surface area contributed by atoms with Crippen LogP contribution >= 0.6 is 11.6 Å². The molecule has 0 aliphatic carbocycles. The maximum Gasteiger partial charge on any atom is 0.245 e. The van der Waals surface area contributed by atoms with Gasteiger partial charge in [0.15, 0.2) is 0 Å². The van der Waals surface area contributed by atoms with Crippen LogP contribution in [0, 0.1) is 5.92 Å². The minimum atomic E-state index is -0.457. The monoisotopic (exact) mass is 272 g/mol. The highest BCUT2D eigenvalue weighted by Gasteiger charge is 2.40. The van der Waals surface area contributed by atoms with Crippen molar-refractivity contribution in [1.29, 1.82) is 0 Å². The topological polar surface area (TPSA) is 49.4 Å². The summed E-state index contributed by atoms with van der Waals surface area (Å²) in [5, 5.41) is 2.73. The Morgan fingerprint density at radius 3 is 2.67 bits per heavy atom. The van der Waals surface area contributed by atoms with E-state index in [1.165, 1.54) is 5.54 Å². The zero-order chi connectivity index (χ0) is 13.9. The molecule has 0 saturated carbocycles. The van der Waals surface area contributed by atoms with Crippen LogP contribution in [0.3, 0.4) is 0 Å². The molecule has 1 fully saturated rings. The SMILES string of the molecule is CCC(C)C1C(=O)NC(C)C(=O)N1CC(C)=CCl. The second-order valence-corrected chi connectivity index (χ2v) is 5.20. The summed E-state index contributed by atoms with van der Waals surface area (Å²) in [6, 6.07) is -0.855. The van der Waals surface area contributed by atoms with Gasteiger partial charge in [-0.3, -0.25) is 9.59 Å². The van der Waals surface area contributed by atoms with Crippen molar-refractivity contribution >= 4 is 23.4 Å². The fourth-order valence-electron chi connectivity index (χ4n) is 2.16. The van der Waals surface area contributed by atoms with E-state index in [0.717, 1.165) is 12.0 Å². The van der Waals surface area contributed by atoms with Crippen LogP contribution in [0.2, 0.25) is 0 Å². The number of hydrogen-bond donors (Lipinski definition) is 1. The Hall–Kier alpha value is -1.03. The lowest BCUT2D eigenvalue weighted by Crippen LogP contribution is -2.64. The van der Waals surface area contributed by atoms with Crippen LogP contribution in [0.25, 0.3) is 0 Å². The van der Waals surface area contributed by atoms with Gasteiger partial charge >= 0.3 is 0 Å². The fraction of sp³-hybridized carbons (Fsp3) is 0.692. The predicted octanol–water partition coefficient (Wildman–Crippen LogP) is 1.89.